The molecule has 18 heavy (non-hydrogen) atoms. The monoisotopic (exact) mass is 281 g/mol. The molecule has 1 N–H and O–H groups in total. The number of aromatic nitrogens is 2. The van der Waals surface area contributed by atoms with E-state index < -0.39 is 0 Å². The fourth-order valence-electron chi connectivity index (χ4n) is 1.64. The molecule has 0 amide bonds. The highest BCUT2D eigenvalue weighted by Crippen LogP contribution is 2.25. The summed E-state index contributed by atoms with van der Waals surface area (Å²) in [5, 5.41) is 4.44. The van der Waals surface area contributed by atoms with Gasteiger partial charge in [-0.05, 0) is 30.7 Å². The van der Waals surface area contributed by atoms with Crippen LogP contribution in [0.2, 0.25) is 10.2 Å². The molecule has 2 rings (SSSR count). The highest BCUT2D eigenvalue weighted by molar-refractivity contribution is 6.30. The van der Waals surface area contributed by atoms with Crippen molar-refractivity contribution in [3.05, 3.63) is 46.3 Å². The highest BCUT2D eigenvalue weighted by Gasteiger charge is 2.09. The third kappa shape index (κ3) is 3.12. The first-order valence-corrected chi connectivity index (χ1v) is 6.48. The minimum absolute atomic E-state index is 0.503. The molecule has 94 valence electrons. The van der Waals surface area contributed by atoms with Crippen LogP contribution in [-0.4, -0.2) is 9.97 Å². The zero-order valence-electron chi connectivity index (χ0n) is 9.95. The number of benzene rings is 1. The zero-order chi connectivity index (χ0) is 13.0. The van der Waals surface area contributed by atoms with E-state index in [2.05, 4.69) is 22.2 Å². The molecule has 5 heteroatoms. The SMILES string of the molecule is CCCc1c(Cl)ncnc1Nc1ccc(Cl)cc1. The summed E-state index contributed by atoms with van der Waals surface area (Å²) in [7, 11) is 0. The van der Waals surface area contributed by atoms with Crippen molar-refractivity contribution in [1.82, 2.24) is 9.97 Å². The third-order valence-electron chi connectivity index (χ3n) is 2.50. The zero-order valence-corrected chi connectivity index (χ0v) is 11.5. The van der Waals surface area contributed by atoms with E-state index >= 15 is 0 Å². The van der Waals surface area contributed by atoms with Crippen LogP contribution in [-0.2, 0) is 6.42 Å². The minimum Gasteiger partial charge on any atom is -0.340 e. The van der Waals surface area contributed by atoms with Gasteiger partial charge in [0, 0.05) is 16.3 Å². The lowest BCUT2D eigenvalue weighted by Crippen LogP contribution is -2.01. The number of rotatable bonds is 4. The number of nitrogens with zero attached hydrogens (tertiary/aromatic N) is 2. The molecule has 1 aromatic carbocycles. The quantitative estimate of drug-likeness (QED) is 0.840. The first-order valence-electron chi connectivity index (χ1n) is 5.72. The van der Waals surface area contributed by atoms with Crippen LogP contribution in [0, 0.1) is 0 Å². The fraction of sp³-hybridized carbons (Fsp3) is 0.231. The van der Waals surface area contributed by atoms with E-state index in [4.69, 9.17) is 23.2 Å². The minimum atomic E-state index is 0.503. The molecule has 0 aliphatic rings. The van der Waals surface area contributed by atoms with Crippen molar-refractivity contribution in [2.24, 2.45) is 0 Å². The first kappa shape index (κ1) is 13.1. The van der Waals surface area contributed by atoms with Gasteiger partial charge in [0.05, 0.1) is 0 Å². The second-order valence-electron chi connectivity index (χ2n) is 3.87. The molecule has 0 saturated carbocycles. The lowest BCUT2D eigenvalue weighted by atomic mass is 10.2. The second kappa shape index (κ2) is 6.03. The summed E-state index contributed by atoms with van der Waals surface area (Å²) in [5.41, 5.74) is 1.86. The van der Waals surface area contributed by atoms with Crippen molar-refractivity contribution in [1.29, 1.82) is 0 Å². The van der Waals surface area contributed by atoms with Crippen molar-refractivity contribution in [3.63, 3.8) is 0 Å². The Morgan fingerprint density at radius 1 is 1.11 bits per heavy atom. The van der Waals surface area contributed by atoms with Crippen LogP contribution in [0.15, 0.2) is 30.6 Å². The summed E-state index contributed by atoms with van der Waals surface area (Å²) < 4.78 is 0. The van der Waals surface area contributed by atoms with E-state index in [-0.39, 0.29) is 0 Å². The molecule has 2 aromatic rings. The van der Waals surface area contributed by atoms with Gasteiger partial charge in [-0.3, -0.25) is 0 Å². The van der Waals surface area contributed by atoms with Crippen LogP contribution >= 0.6 is 23.2 Å². The van der Waals surface area contributed by atoms with Gasteiger partial charge in [0.25, 0.3) is 0 Å². The maximum atomic E-state index is 6.09. The van der Waals surface area contributed by atoms with Crippen LogP contribution in [0.25, 0.3) is 0 Å². The molecule has 0 aliphatic carbocycles. The van der Waals surface area contributed by atoms with Gasteiger partial charge in [0.15, 0.2) is 0 Å². The second-order valence-corrected chi connectivity index (χ2v) is 4.67. The lowest BCUT2D eigenvalue weighted by molar-refractivity contribution is 0.904. The Labute approximate surface area is 116 Å². The van der Waals surface area contributed by atoms with Crippen molar-refractivity contribution >= 4 is 34.7 Å². The van der Waals surface area contributed by atoms with Gasteiger partial charge in [0.1, 0.15) is 17.3 Å². The number of anilines is 2. The maximum Gasteiger partial charge on any atom is 0.138 e. The van der Waals surface area contributed by atoms with Crippen LogP contribution in [0.5, 0.6) is 0 Å². The number of hydrogen-bond acceptors (Lipinski definition) is 3. The molecule has 0 unspecified atom stereocenters. The van der Waals surface area contributed by atoms with Crippen LogP contribution < -0.4 is 5.32 Å². The predicted octanol–water partition coefficient (Wildman–Crippen LogP) is 4.48. The van der Waals surface area contributed by atoms with E-state index in [0.29, 0.717) is 10.2 Å². The summed E-state index contributed by atoms with van der Waals surface area (Å²) in [4.78, 5) is 8.24. The van der Waals surface area contributed by atoms with Crippen molar-refractivity contribution in [2.45, 2.75) is 19.8 Å². The van der Waals surface area contributed by atoms with Crippen molar-refractivity contribution < 1.29 is 0 Å². The van der Waals surface area contributed by atoms with Crippen LogP contribution in [0.3, 0.4) is 0 Å². The fourth-order valence-corrected chi connectivity index (χ4v) is 1.99. The van der Waals surface area contributed by atoms with Gasteiger partial charge in [-0.15, -0.1) is 0 Å². The van der Waals surface area contributed by atoms with Gasteiger partial charge in [-0.1, -0.05) is 36.5 Å². The summed E-state index contributed by atoms with van der Waals surface area (Å²) in [6.07, 6.45) is 3.29. The topological polar surface area (TPSA) is 37.8 Å². The number of hydrogen-bond donors (Lipinski definition) is 1. The van der Waals surface area contributed by atoms with E-state index in [9.17, 15) is 0 Å². The highest BCUT2D eigenvalue weighted by atomic mass is 35.5. The lowest BCUT2D eigenvalue weighted by Gasteiger charge is -2.11. The molecule has 0 spiro atoms. The summed E-state index contributed by atoms with van der Waals surface area (Å²) in [6.45, 7) is 2.09. The van der Waals surface area contributed by atoms with E-state index in [1.165, 1.54) is 6.33 Å². The smallest absolute Gasteiger partial charge is 0.138 e. The van der Waals surface area contributed by atoms with Crippen molar-refractivity contribution in [3.8, 4) is 0 Å². The summed E-state index contributed by atoms with van der Waals surface area (Å²) in [5.74, 6) is 0.749. The Morgan fingerprint density at radius 2 is 1.83 bits per heavy atom. The first-order chi connectivity index (χ1) is 8.70. The Bertz CT molecular complexity index is 526. The van der Waals surface area contributed by atoms with E-state index in [1.54, 1.807) is 0 Å². The average Bonchev–Trinajstić information content (AvgIpc) is 2.36. The molecule has 0 atom stereocenters. The summed E-state index contributed by atoms with van der Waals surface area (Å²) >= 11 is 11.9. The largest absolute Gasteiger partial charge is 0.340 e. The molecule has 1 heterocycles. The van der Waals surface area contributed by atoms with E-state index in [0.717, 1.165) is 29.9 Å². The Balaban J connectivity index is 2.28. The standard InChI is InChI=1S/C13H13Cl2N3/c1-2-3-11-12(15)16-8-17-13(11)18-10-6-4-9(14)5-7-10/h4-8H,2-3H2,1H3,(H,16,17,18). The van der Waals surface area contributed by atoms with Crippen LogP contribution in [0.1, 0.15) is 18.9 Å². The average molecular weight is 282 g/mol. The molecule has 0 aliphatic heterocycles. The molecule has 0 radical (unpaired) electrons. The molecule has 1 aromatic heterocycles. The Kier molecular flexibility index (Phi) is 4.39. The molecular formula is C13H13Cl2N3. The van der Waals surface area contributed by atoms with Gasteiger partial charge < -0.3 is 5.32 Å². The van der Waals surface area contributed by atoms with Crippen molar-refractivity contribution in [2.75, 3.05) is 5.32 Å². The van der Waals surface area contributed by atoms with Gasteiger partial charge in [0.2, 0.25) is 0 Å². The third-order valence-corrected chi connectivity index (χ3v) is 3.08. The van der Waals surface area contributed by atoms with Gasteiger partial charge in [-0.2, -0.15) is 0 Å². The molecule has 0 saturated heterocycles. The van der Waals surface area contributed by atoms with Gasteiger partial charge >= 0.3 is 0 Å². The molecular weight excluding hydrogens is 269 g/mol. The number of halogens is 2. The normalized spacial score (nSPS) is 10.4. The summed E-state index contributed by atoms with van der Waals surface area (Å²) in [6, 6.07) is 7.44. The predicted molar refractivity (Wildman–Crippen MR) is 75.8 cm³/mol. The maximum absolute atomic E-state index is 6.09. The van der Waals surface area contributed by atoms with Gasteiger partial charge in [-0.25, -0.2) is 9.97 Å². The molecule has 3 nitrogen and oxygen atoms in total. The Hall–Kier alpha value is -1.32. The molecule has 0 fully saturated rings. The van der Waals surface area contributed by atoms with Crippen LogP contribution in [0.4, 0.5) is 11.5 Å². The number of nitrogens with one attached hydrogen (secondary N) is 1. The molecule has 0 bridgehead atoms. The van der Waals surface area contributed by atoms with E-state index in [1.807, 2.05) is 24.3 Å². The Morgan fingerprint density at radius 3 is 2.50 bits per heavy atom.